The summed E-state index contributed by atoms with van der Waals surface area (Å²) < 4.78 is 0. The molecule has 0 spiro atoms. The normalized spacial score (nSPS) is 12.0. The molecule has 0 unspecified atom stereocenters. The minimum atomic E-state index is -0.00868. The number of rotatable bonds is 2. The zero-order chi connectivity index (χ0) is 8.48. The smallest absolute Gasteiger partial charge is 0.0563 e. The molecule has 0 aromatic carbocycles. The molecule has 1 rings (SSSR count). The Hall–Kier alpha value is -0.0500. The molecule has 1 heterocycles. The van der Waals surface area contributed by atoms with Gasteiger partial charge in [-0.15, -0.1) is 11.3 Å². The fourth-order valence-corrected chi connectivity index (χ4v) is 2.28. The third-order valence-electron chi connectivity index (χ3n) is 1.81. The lowest BCUT2D eigenvalue weighted by Crippen LogP contribution is -2.32. The van der Waals surface area contributed by atoms with Gasteiger partial charge in [0.05, 0.1) is 5.02 Å². The quantitative estimate of drug-likeness (QED) is 0.755. The molecule has 1 N–H and O–H groups in total. The van der Waals surface area contributed by atoms with Crippen LogP contribution in [0.2, 0.25) is 5.02 Å². The van der Waals surface area contributed by atoms with Crippen molar-refractivity contribution in [3.63, 3.8) is 0 Å². The Kier molecular flexibility index (Phi) is 2.58. The molecule has 1 aromatic rings. The molecule has 0 aliphatic heterocycles. The van der Waals surface area contributed by atoms with E-state index in [1.165, 1.54) is 4.88 Å². The molecule has 0 radical (unpaired) electrons. The first-order valence-corrected chi connectivity index (χ1v) is 4.76. The Balaban J connectivity index is 3.00. The van der Waals surface area contributed by atoms with Gasteiger partial charge in [0.2, 0.25) is 0 Å². The fourth-order valence-electron chi connectivity index (χ4n) is 0.853. The molecule has 1 aromatic heterocycles. The summed E-state index contributed by atoms with van der Waals surface area (Å²) in [5.41, 5.74) is -0.00868. The van der Waals surface area contributed by atoms with Gasteiger partial charge in [0.15, 0.2) is 0 Å². The molecule has 62 valence electrons. The topological polar surface area (TPSA) is 12.0 Å². The summed E-state index contributed by atoms with van der Waals surface area (Å²) in [6, 6.07) is 1.93. The van der Waals surface area contributed by atoms with Crippen LogP contribution in [0.4, 0.5) is 0 Å². The molecule has 0 bridgehead atoms. The SMILES string of the molecule is CNC(C)(C)c1sccc1Cl. The molecular formula is C8H12ClNS. The number of nitrogens with one attached hydrogen (secondary N) is 1. The van der Waals surface area contributed by atoms with Gasteiger partial charge < -0.3 is 5.32 Å². The Morgan fingerprint density at radius 3 is 2.55 bits per heavy atom. The van der Waals surface area contributed by atoms with Gasteiger partial charge in [-0.1, -0.05) is 11.6 Å². The highest BCUT2D eigenvalue weighted by atomic mass is 35.5. The van der Waals surface area contributed by atoms with Crippen LogP contribution < -0.4 is 5.32 Å². The molecule has 0 saturated carbocycles. The molecule has 0 amide bonds. The van der Waals surface area contributed by atoms with Gasteiger partial charge in [-0.2, -0.15) is 0 Å². The summed E-state index contributed by atoms with van der Waals surface area (Å²) in [5, 5.41) is 6.08. The first kappa shape index (κ1) is 9.04. The fraction of sp³-hybridized carbons (Fsp3) is 0.500. The van der Waals surface area contributed by atoms with Gasteiger partial charge >= 0.3 is 0 Å². The van der Waals surface area contributed by atoms with Crippen molar-refractivity contribution in [2.24, 2.45) is 0 Å². The highest BCUT2D eigenvalue weighted by molar-refractivity contribution is 7.10. The summed E-state index contributed by atoms with van der Waals surface area (Å²) in [6.07, 6.45) is 0. The van der Waals surface area contributed by atoms with E-state index in [1.54, 1.807) is 11.3 Å². The lowest BCUT2D eigenvalue weighted by Gasteiger charge is -2.22. The number of hydrogen-bond acceptors (Lipinski definition) is 2. The van der Waals surface area contributed by atoms with E-state index >= 15 is 0 Å². The summed E-state index contributed by atoms with van der Waals surface area (Å²) >= 11 is 7.66. The molecule has 0 saturated heterocycles. The lowest BCUT2D eigenvalue weighted by molar-refractivity contribution is 0.454. The Morgan fingerprint density at radius 2 is 2.18 bits per heavy atom. The third kappa shape index (κ3) is 1.75. The van der Waals surface area contributed by atoms with Crippen LogP contribution in [0.1, 0.15) is 18.7 Å². The van der Waals surface area contributed by atoms with Crippen LogP contribution in [-0.2, 0) is 5.54 Å². The second-order valence-corrected chi connectivity index (χ2v) is 4.30. The average Bonchev–Trinajstić information content (AvgIpc) is 2.36. The van der Waals surface area contributed by atoms with Crippen molar-refractivity contribution < 1.29 is 0 Å². The van der Waals surface area contributed by atoms with E-state index in [9.17, 15) is 0 Å². The predicted molar refractivity (Wildman–Crippen MR) is 51.4 cm³/mol. The van der Waals surface area contributed by atoms with Crippen LogP contribution in [0.25, 0.3) is 0 Å². The molecule has 0 aliphatic carbocycles. The van der Waals surface area contributed by atoms with E-state index in [0.717, 1.165) is 5.02 Å². The standard InChI is InChI=1S/C8H12ClNS/c1-8(2,10-3)7-6(9)4-5-11-7/h4-5,10H,1-3H3. The summed E-state index contributed by atoms with van der Waals surface area (Å²) in [6.45, 7) is 4.23. The Labute approximate surface area is 76.4 Å². The zero-order valence-electron chi connectivity index (χ0n) is 6.94. The maximum Gasteiger partial charge on any atom is 0.0563 e. The Bertz CT molecular complexity index is 242. The van der Waals surface area contributed by atoms with Crippen LogP contribution in [0.15, 0.2) is 11.4 Å². The number of halogens is 1. The van der Waals surface area contributed by atoms with E-state index < -0.39 is 0 Å². The highest BCUT2D eigenvalue weighted by Crippen LogP contribution is 2.31. The van der Waals surface area contributed by atoms with Crippen LogP contribution in [0.5, 0.6) is 0 Å². The van der Waals surface area contributed by atoms with Gasteiger partial charge in [-0.05, 0) is 32.3 Å². The maximum atomic E-state index is 5.97. The van der Waals surface area contributed by atoms with Crippen molar-refractivity contribution >= 4 is 22.9 Å². The molecule has 0 fully saturated rings. The van der Waals surface area contributed by atoms with E-state index in [1.807, 2.05) is 18.5 Å². The summed E-state index contributed by atoms with van der Waals surface area (Å²) in [5.74, 6) is 0. The molecule has 1 nitrogen and oxygen atoms in total. The second-order valence-electron chi connectivity index (χ2n) is 2.97. The van der Waals surface area contributed by atoms with Crippen molar-refractivity contribution in [3.05, 3.63) is 21.3 Å². The van der Waals surface area contributed by atoms with Crippen molar-refractivity contribution in [2.75, 3.05) is 7.05 Å². The number of hydrogen-bond donors (Lipinski definition) is 1. The third-order valence-corrected chi connectivity index (χ3v) is 3.47. The monoisotopic (exact) mass is 189 g/mol. The molecule has 0 atom stereocenters. The lowest BCUT2D eigenvalue weighted by atomic mass is 10.0. The average molecular weight is 190 g/mol. The van der Waals surface area contributed by atoms with Crippen molar-refractivity contribution in [1.82, 2.24) is 5.32 Å². The zero-order valence-corrected chi connectivity index (χ0v) is 8.51. The van der Waals surface area contributed by atoms with Crippen molar-refractivity contribution in [1.29, 1.82) is 0 Å². The molecule has 3 heteroatoms. The minimum absolute atomic E-state index is 0.00868. The van der Waals surface area contributed by atoms with Crippen LogP contribution in [-0.4, -0.2) is 7.05 Å². The van der Waals surface area contributed by atoms with Crippen molar-refractivity contribution in [3.8, 4) is 0 Å². The molecule has 11 heavy (non-hydrogen) atoms. The highest BCUT2D eigenvalue weighted by Gasteiger charge is 2.21. The van der Waals surface area contributed by atoms with Gasteiger partial charge in [-0.25, -0.2) is 0 Å². The van der Waals surface area contributed by atoms with Gasteiger partial charge in [0.1, 0.15) is 0 Å². The first-order valence-electron chi connectivity index (χ1n) is 3.50. The predicted octanol–water partition coefficient (Wildman–Crippen LogP) is 2.86. The van der Waals surface area contributed by atoms with E-state index in [0.29, 0.717) is 0 Å². The van der Waals surface area contributed by atoms with Crippen molar-refractivity contribution in [2.45, 2.75) is 19.4 Å². The second kappa shape index (κ2) is 3.13. The van der Waals surface area contributed by atoms with E-state index in [4.69, 9.17) is 11.6 Å². The van der Waals surface area contributed by atoms with E-state index in [2.05, 4.69) is 19.2 Å². The Morgan fingerprint density at radius 1 is 1.55 bits per heavy atom. The van der Waals surface area contributed by atoms with E-state index in [-0.39, 0.29) is 5.54 Å². The molecule has 0 aliphatic rings. The summed E-state index contributed by atoms with van der Waals surface area (Å²) in [4.78, 5) is 1.20. The molecular weight excluding hydrogens is 178 g/mol. The van der Waals surface area contributed by atoms with Crippen LogP contribution >= 0.6 is 22.9 Å². The largest absolute Gasteiger partial charge is 0.310 e. The van der Waals surface area contributed by atoms with Gasteiger partial charge in [0, 0.05) is 10.4 Å². The summed E-state index contributed by atoms with van der Waals surface area (Å²) in [7, 11) is 1.94. The minimum Gasteiger partial charge on any atom is -0.310 e. The van der Waals surface area contributed by atoms with Gasteiger partial charge in [0.25, 0.3) is 0 Å². The van der Waals surface area contributed by atoms with Crippen LogP contribution in [0, 0.1) is 0 Å². The van der Waals surface area contributed by atoms with Gasteiger partial charge in [-0.3, -0.25) is 0 Å². The first-order chi connectivity index (χ1) is 5.08. The maximum absolute atomic E-state index is 5.97. The number of thiophene rings is 1. The van der Waals surface area contributed by atoms with Crippen LogP contribution in [0.3, 0.4) is 0 Å².